The van der Waals surface area contributed by atoms with Gasteiger partial charge in [-0.2, -0.15) is 0 Å². The predicted octanol–water partition coefficient (Wildman–Crippen LogP) is 3.78. The molecule has 0 bridgehead atoms. The van der Waals surface area contributed by atoms with Crippen LogP contribution in [0.1, 0.15) is 17.2 Å². The molecule has 0 saturated carbocycles. The van der Waals surface area contributed by atoms with Crippen LogP contribution in [0.4, 0.5) is 8.78 Å². The Kier molecular flexibility index (Phi) is 4.17. The molecule has 0 spiro atoms. The lowest BCUT2D eigenvalue weighted by molar-refractivity contribution is 0.406. The second-order valence-corrected chi connectivity index (χ2v) is 4.92. The number of methoxy groups -OCH3 is 1. The molecule has 0 aliphatic rings. The molecule has 2 aromatic rings. The van der Waals surface area contributed by atoms with Crippen molar-refractivity contribution in [3.05, 3.63) is 63.6 Å². The summed E-state index contributed by atoms with van der Waals surface area (Å²) in [7, 11) is 1.49. The topological polar surface area (TPSA) is 35.2 Å². The van der Waals surface area contributed by atoms with Crippen molar-refractivity contribution >= 4 is 15.9 Å². The molecule has 1 atom stereocenters. The molecule has 0 fully saturated rings. The van der Waals surface area contributed by atoms with E-state index in [2.05, 4.69) is 15.9 Å². The van der Waals surface area contributed by atoms with Gasteiger partial charge in [0, 0.05) is 15.6 Å². The second-order valence-electron chi connectivity index (χ2n) is 4.00. The van der Waals surface area contributed by atoms with Crippen molar-refractivity contribution in [2.24, 2.45) is 5.73 Å². The fourth-order valence-corrected chi connectivity index (χ4v) is 2.33. The monoisotopic (exact) mass is 327 g/mol. The molecule has 0 aromatic heterocycles. The van der Waals surface area contributed by atoms with Gasteiger partial charge >= 0.3 is 0 Å². The molecular weight excluding hydrogens is 316 g/mol. The summed E-state index contributed by atoms with van der Waals surface area (Å²) >= 11 is 3.04. The summed E-state index contributed by atoms with van der Waals surface area (Å²) in [4.78, 5) is 0. The third-order valence-electron chi connectivity index (χ3n) is 2.83. The maximum Gasteiger partial charge on any atom is 0.132 e. The minimum atomic E-state index is -0.927. The van der Waals surface area contributed by atoms with Crippen molar-refractivity contribution in [2.75, 3.05) is 7.11 Å². The van der Waals surface area contributed by atoms with E-state index in [1.165, 1.54) is 19.2 Å². The lowest BCUT2D eigenvalue weighted by Crippen LogP contribution is -2.16. The van der Waals surface area contributed by atoms with Crippen molar-refractivity contribution in [3.63, 3.8) is 0 Å². The van der Waals surface area contributed by atoms with Gasteiger partial charge in [-0.25, -0.2) is 8.78 Å². The van der Waals surface area contributed by atoms with Crippen LogP contribution >= 0.6 is 15.9 Å². The van der Waals surface area contributed by atoms with E-state index >= 15 is 0 Å². The number of ether oxygens (including phenoxy) is 1. The Hall–Kier alpha value is -1.46. The Morgan fingerprint density at radius 1 is 1.16 bits per heavy atom. The van der Waals surface area contributed by atoms with Gasteiger partial charge < -0.3 is 10.5 Å². The average Bonchev–Trinajstić information content (AvgIpc) is 2.37. The van der Waals surface area contributed by atoms with Crippen molar-refractivity contribution < 1.29 is 13.5 Å². The van der Waals surface area contributed by atoms with Gasteiger partial charge in [0.05, 0.1) is 13.2 Å². The molecule has 0 aliphatic carbocycles. The highest BCUT2D eigenvalue weighted by atomic mass is 79.9. The van der Waals surface area contributed by atoms with Crippen LogP contribution in [0.5, 0.6) is 5.75 Å². The highest BCUT2D eigenvalue weighted by Gasteiger charge is 2.21. The quantitative estimate of drug-likeness (QED) is 0.931. The summed E-state index contributed by atoms with van der Waals surface area (Å²) in [5.41, 5.74) is 6.33. The summed E-state index contributed by atoms with van der Waals surface area (Å²) in [6, 6.07) is 8.34. The number of nitrogens with two attached hydrogens (primary N) is 1. The van der Waals surface area contributed by atoms with Crippen molar-refractivity contribution in [1.29, 1.82) is 0 Å². The molecule has 2 aromatic carbocycles. The van der Waals surface area contributed by atoms with Crippen molar-refractivity contribution in [2.45, 2.75) is 6.04 Å². The predicted molar refractivity (Wildman–Crippen MR) is 73.1 cm³/mol. The molecule has 5 heteroatoms. The van der Waals surface area contributed by atoms with Crippen LogP contribution in [0.25, 0.3) is 0 Å². The zero-order chi connectivity index (χ0) is 14.0. The Morgan fingerprint density at radius 2 is 1.74 bits per heavy atom. The first-order valence-corrected chi connectivity index (χ1v) is 6.37. The van der Waals surface area contributed by atoms with Crippen LogP contribution in [0, 0.1) is 11.6 Å². The molecular formula is C14H12BrF2NO. The summed E-state index contributed by atoms with van der Waals surface area (Å²) in [6.07, 6.45) is 0. The Bertz CT molecular complexity index is 581. The molecule has 0 saturated heterocycles. The third kappa shape index (κ3) is 2.77. The van der Waals surface area contributed by atoms with Crippen LogP contribution in [0.3, 0.4) is 0 Å². The van der Waals surface area contributed by atoms with Crippen LogP contribution in [-0.2, 0) is 0 Å². The molecule has 0 amide bonds. The molecule has 0 radical (unpaired) electrons. The lowest BCUT2D eigenvalue weighted by Gasteiger charge is -2.17. The zero-order valence-corrected chi connectivity index (χ0v) is 11.7. The first-order valence-electron chi connectivity index (χ1n) is 5.57. The van der Waals surface area contributed by atoms with Gasteiger partial charge in [-0.15, -0.1) is 0 Å². The fourth-order valence-electron chi connectivity index (χ4n) is 1.93. The van der Waals surface area contributed by atoms with E-state index in [0.717, 1.165) is 0 Å². The van der Waals surface area contributed by atoms with Crippen LogP contribution < -0.4 is 10.5 Å². The molecule has 1 unspecified atom stereocenters. The van der Waals surface area contributed by atoms with E-state index in [-0.39, 0.29) is 5.56 Å². The largest absolute Gasteiger partial charge is 0.496 e. The standard InChI is InChI=1S/C14H12BrF2NO/c1-19-12-5-3-2-4-9(12)14(18)13-10(16)6-8(15)7-11(13)17/h2-7,14H,18H2,1H3. The first-order chi connectivity index (χ1) is 9.04. The van der Waals surface area contributed by atoms with Gasteiger partial charge in [0.25, 0.3) is 0 Å². The minimum absolute atomic E-state index is 0.173. The molecule has 100 valence electrons. The van der Waals surface area contributed by atoms with Gasteiger partial charge in [0.2, 0.25) is 0 Å². The SMILES string of the molecule is COc1ccccc1C(N)c1c(F)cc(Br)cc1F. The number of hydrogen-bond donors (Lipinski definition) is 1. The van der Waals surface area contributed by atoms with Crippen LogP contribution in [0.2, 0.25) is 0 Å². The van der Waals surface area contributed by atoms with Gasteiger partial charge in [-0.05, 0) is 18.2 Å². The summed E-state index contributed by atoms with van der Waals surface area (Å²) in [5, 5.41) is 0. The smallest absolute Gasteiger partial charge is 0.132 e. The van der Waals surface area contributed by atoms with E-state index in [4.69, 9.17) is 10.5 Å². The van der Waals surface area contributed by atoms with Crippen LogP contribution in [-0.4, -0.2) is 7.11 Å². The number of halogens is 3. The fraction of sp³-hybridized carbons (Fsp3) is 0.143. The number of benzene rings is 2. The molecule has 2 nitrogen and oxygen atoms in total. The third-order valence-corrected chi connectivity index (χ3v) is 3.29. The zero-order valence-electron chi connectivity index (χ0n) is 10.2. The number of para-hydroxylation sites is 1. The van der Waals surface area contributed by atoms with E-state index in [1.54, 1.807) is 24.3 Å². The van der Waals surface area contributed by atoms with Crippen LogP contribution in [0.15, 0.2) is 40.9 Å². The summed E-state index contributed by atoms with van der Waals surface area (Å²) in [5.74, 6) is -0.882. The van der Waals surface area contributed by atoms with Crippen molar-refractivity contribution in [3.8, 4) is 5.75 Å². The minimum Gasteiger partial charge on any atom is -0.496 e. The number of rotatable bonds is 3. The summed E-state index contributed by atoms with van der Waals surface area (Å²) in [6.45, 7) is 0. The second kappa shape index (κ2) is 5.67. The first kappa shape index (κ1) is 14.0. The number of hydrogen-bond acceptors (Lipinski definition) is 2. The van der Waals surface area contributed by atoms with E-state index in [0.29, 0.717) is 15.8 Å². The Morgan fingerprint density at radius 3 is 2.32 bits per heavy atom. The molecule has 2 rings (SSSR count). The van der Waals surface area contributed by atoms with Gasteiger partial charge in [0.15, 0.2) is 0 Å². The highest BCUT2D eigenvalue weighted by molar-refractivity contribution is 9.10. The maximum atomic E-state index is 13.9. The summed E-state index contributed by atoms with van der Waals surface area (Å²) < 4.78 is 33.3. The average molecular weight is 328 g/mol. The van der Waals surface area contributed by atoms with E-state index < -0.39 is 17.7 Å². The van der Waals surface area contributed by atoms with Gasteiger partial charge in [-0.3, -0.25) is 0 Å². The Labute approximate surface area is 118 Å². The lowest BCUT2D eigenvalue weighted by atomic mass is 9.98. The highest BCUT2D eigenvalue weighted by Crippen LogP contribution is 2.32. The molecule has 0 aliphatic heterocycles. The maximum absolute atomic E-state index is 13.9. The van der Waals surface area contributed by atoms with E-state index in [1.807, 2.05) is 0 Å². The van der Waals surface area contributed by atoms with Crippen molar-refractivity contribution in [1.82, 2.24) is 0 Å². The molecule has 19 heavy (non-hydrogen) atoms. The normalized spacial score (nSPS) is 12.3. The molecule has 0 heterocycles. The van der Waals surface area contributed by atoms with Gasteiger partial charge in [0.1, 0.15) is 17.4 Å². The molecule has 2 N–H and O–H groups in total. The van der Waals surface area contributed by atoms with E-state index in [9.17, 15) is 8.78 Å². The van der Waals surface area contributed by atoms with Gasteiger partial charge in [-0.1, -0.05) is 34.1 Å². The Balaban J connectivity index is 2.53.